The Balaban J connectivity index is 1.62. The maximum absolute atomic E-state index is 6.80. The Hall–Kier alpha value is -1.14. The van der Waals surface area contributed by atoms with Crippen LogP contribution in [0.4, 0.5) is 0 Å². The highest BCUT2D eigenvalue weighted by Crippen LogP contribution is 2.44. The maximum Gasteiger partial charge on any atom is 0.210 e. The van der Waals surface area contributed by atoms with E-state index in [2.05, 4.69) is 72.0 Å². The van der Waals surface area contributed by atoms with E-state index in [1.165, 1.54) is 24.0 Å². The minimum atomic E-state index is -1.75. The first kappa shape index (κ1) is 28.4. The predicted octanol–water partition coefficient (Wildman–Crippen LogP) is 8.38. The lowest BCUT2D eigenvalue weighted by atomic mass is 9.86. The highest BCUT2D eigenvalue weighted by atomic mass is 28.4. The number of hydrogen-bond donors (Lipinski definition) is 0. The van der Waals surface area contributed by atoms with Gasteiger partial charge in [0.25, 0.3) is 0 Å². The lowest BCUT2D eigenvalue weighted by Gasteiger charge is -2.47. The standard InChI is InChI=1S/C30H50O4Si/c1-8-9-15-26-17-20-30(34-28(26)23-31-22-25-13-11-10-12-14-25)19-16-24(2)27(33-30)18-21-32-35(6,7)29(3,4)5/h10-14,24,27H,8-9,15-23H2,1-7H3/t24-,27+,30-/m0/s1. The van der Waals surface area contributed by atoms with E-state index >= 15 is 0 Å². The zero-order valence-electron chi connectivity index (χ0n) is 23.5. The topological polar surface area (TPSA) is 36.9 Å². The third kappa shape index (κ3) is 7.92. The van der Waals surface area contributed by atoms with Crippen molar-refractivity contribution in [1.29, 1.82) is 0 Å². The van der Waals surface area contributed by atoms with Crippen molar-refractivity contribution in [2.45, 2.75) is 123 Å². The number of benzene rings is 1. The van der Waals surface area contributed by atoms with Gasteiger partial charge in [-0.25, -0.2) is 0 Å². The molecule has 0 N–H and O–H groups in total. The maximum atomic E-state index is 6.80. The molecule has 2 aliphatic heterocycles. The van der Waals surface area contributed by atoms with Gasteiger partial charge in [-0.2, -0.15) is 0 Å². The zero-order chi connectivity index (χ0) is 25.5. The van der Waals surface area contributed by atoms with Crippen LogP contribution >= 0.6 is 0 Å². The Kier molecular flexibility index (Phi) is 10.1. The molecular weight excluding hydrogens is 452 g/mol. The number of rotatable bonds is 11. The van der Waals surface area contributed by atoms with Crippen molar-refractivity contribution in [3.8, 4) is 0 Å². The van der Waals surface area contributed by atoms with E-state index in [9.17, 15) is 0 Å². The molecule has 1 aromatic rings. The number of unbranched alkanes of at least 4 members (excludes halogenated alkanes) is 1. The molecule has 3 atom stereocenters. The minimum absolute atomic E-state index is 0.178. The van der Waals surface area contributed by atoms with Crippen LogP contribution in [-0.2, 0) is 25.2 Å². The second kappa shape index (κ2) is 12.4. The van der Waals surface area contributed by atoms with Crippen LogP contribution in [0.2, 0.25) is 18.1 Å². The third-order valence-corrected chi connectivity index (χ3v) is 12.9. The van der Waals surface area contributed by atoms with Crippen molar-refractivity contribution >= 4 is 8.32 Å². The summed E-state index contributed by atoms with van der Waals surface area (Å²) >= 11 is 0. The van der Waals surface area contributed by atoms with Gasteiger partial charge in [0.1, 0.15) is 12.4 Å². The number of allylic oxidation sites excluding steroid dienone is 1. The van der Waals surface area contributed by atoms with E-state index < -0.39 is 14.1 Å². The van der Waals surface area contributed by atoms with Crippen LogP contribution in [-0.4, -0.2) is 33.4 Å². The summed E-state index contributed by atoms with van der Waals surface area (Å²) in [5.74, 6) is 1.04. The second-order valence-corrected chi connectivity index (χ2v) is 17.0. The van der Waals surface area contributed by atoms with Crippen LogP contribution in [0, 0.1) is 5.92 Å². The molecule has 0 bridgehead atoms. The molecule has 5 heteroatoms. The normalized spacial score (nSPS) is 25.7. The summed E-state index contributed by atoms with van der Waals surface area (Å²) in [5.41, 5.74) is 2.61. The summed E-state index contributed by atoms with van der Waals surface area (Å²) in [7, 11) is -1.75. The fraction of sp³-hybridized carbons (Fsp3) is 0.733. The van der Waals surface area contributed by atoms with Gasteiger partial charge in [0.05, 0.1) is 12.7 Å². The van der Waals surface area contributed by atoms with Gasteiger partial charge in [-0.15, -0.1) is 0 Å². The highest BCUT2D eigenvalue weighted by Gasteiger charge is 2.45. The summed E-state index contributed by atoms with van der Waals surface area (Å²) < 4.78 is 26.2. The monoisotopic (exact) mass is 502 g/mol. The van der Waals surface area contributed by atoms with Crippen molar-refractivity contribution in [1.82, 2.24) is 0 Å². The summed E-state index contributed by atoms with van der Waals surface area (Å²) in [6.07, 6.45) is 8.67. The highest BCUT2D eigenvalue weighted by molar-refractivity contribution is 6.74. The molecule has 3 rings (SSSR count). The van der Waals surface area contributed by atoms with Crippen LogP contribution < -0.4 is 0 Å². The Labute approximate surface area is 215 Å². The molecular formula is C30H50O4Si. The van der Waals surface area contributed by atoms with E-state index in [0.29, 0.717) is 19.1 Å². The Bertz CT molecular complexity index is 813. The molecule has 1 aromatic carbocycles. The summed E-state index contributed by atoms with van der Waals surface area (Å²) in [6, 6.07) is 10.4. The molecule has 0 saturated carbocycles. The van der Waals surface area contributed by atoms with Gasteiger partial charge in [-0.05, 0) is 67.3 Å². The van der Waals surface area contributed by atoms with Gasteiger partial charge >= 0.3 is 0 Å². The fourth-order valence-electron chi connectivity index (χ4n) is 4.78. The van der Waals surface area contributed by atoms with E-state index in [1.807, 2.05) is 6.07 Å². The first-order valence-corrected chi connectivity index (χ1v) is 16.8. The van der Waals surface area contributed by atoms with Crippen molar-refractivity contribution in [3.05, 3.63) is 47.2 Å². The van der Waals surface area contributed by atoms with Crippen molar-refractivity contribution in [3.63, 3.8) is 0 Å². The molecule has 198 valence electrons. The third-order valence-electron chi connectivity index (χ3n) is 8.34. The van der Waals surface area contributed by atoms with Gasteiger partial charge in [0.2, 0.25) is 5.79 Å². The lowest BCUT2D eigenvalue weighted by molar-refractivity contribution is -0.286. The first-order valence-electron chi connectivity index (χ1n) is 13.9. The molecule has 1 fully saturated rings. The first-order chi connectivity index (χ1) is 16.6. The van der Waals surface area contributed by atoms with E-state index in [0.717, 1.165) is 50.9 Å². The molecule has 1 saturated heterocycles. The van der Waals surface area contributed by atoms with Gasteiger partial charge < -0.3 is 18.6 Å². The van der Waals surface area contributed by atoms with Crippen LogP contribution in [0.15, 0.2) is 41.7 Å². The summed E-state index contributed by atoms with van der Waals surface area (Å²) in [6.45, 7) is 18.0. The molecule has 4 nitrogen and oxygen atoms in total. The molecule has 2 heterocycles. The molecule has 0 unspecified atom stereocenters. The quantitative estimate of drug-likeness (QED) is 0.285. The molecule has 35 heavy (non-hydrogen) atoms. The number of hydrogen-bond acceptors (Lipinski definition) is 4. The van der Waals surface area contributed by atoms with E-state index in [-0.39, 0.29) is 11.1 Å². The zero-order valence-corrected chi connectivity index (χ0v) is 24.5. The molecule has 0 radical (unpaired) electrons. The lowest BCUT2D eigenvalue weighted by Crippen LogP contribution is -2.49. The van der Waals surface area contributed by atoms with E-state index in [4.69, 9.17) is 18.6 Å². The number of ether oxygens (including phenoxy) is 3. The molecule has 1 spiro atoms. The summed E-state index contributed by atoms with van der Waals surface area (Å²) in [5, 5.41) is 0.230. The summed E-state index contributed by atoms with van der Waals surface area (Å²) in [4.78, 5) is 0. The van der Waals surface area contributed by atoms with Crippen LogP contribution in [0.5, 0.6) is 0 Å². The van der Waals surface area contributed by atoms with Gasteiger partial charge in [-0.3, -0.25) is 0 Å². The average molecular weight is 503 g/mol. The SMILES string of the molecule is CCCCC1=C(COCc2ccccc2)O[C@]2(CC1)CC[C@H](C)[C@@H](CCO[Si](C)(C)C(C)(C)C)O2. The average Bonchev–Trinajstić information content (AvgIpc) is 2.81. The van der Waals surface area contributed by atoms with Crippen LogP contribution in [0.3, 0.4) is 0 Å². The Morgan fingerprint density at radius 3 is 2.51 bits per heavy atom. The van der Waals surface area contributed by atoms with Crippen molar-refractivity contribution < 1.29 is 18.6 Å². The largest absolute Gasteiger partial charge is 0.464 e. The minimum Gasteiger partial charge on any atom is -0.464 e. The van der Waals surface area contributed by atoms with Gasteiger partial charge in [0, 0.05) is 19.4 Å². The fourth-order valence-corrected chi connectivity index (χ4v) is 5.85. The Morgan fingerprint density at radius 2 is 1.83 bits per heavy atom. The predicted molar refractivity (Wildman–Crippen MR) is 147 cm³/mol. The van der Waals surface area contributed by atoms with Crippen molar-refractivity contribution in [2.24, 2.45) is 5.92 Å². The van der Waals surface area contributed by atoms with Crippen LogP contribution in [0.25, 0.3) is 0 Å². The molecule has 0 amide bonds. The molecule has 0 aliphatic carbocycles. The van der Waals surface area contributed by atoms with Gasteiger partial charge in [0.15, 0.2) is 8.32 Å². The van der Waals surface area contributed by atoms with Crippen LogP contribution in [0.1, 0.15) is 91.5 Å². The van der Waals surface area contributed by atoms with E-state index in [1.54, 1.807) is 0 Å². The Morgan fingerprint density at radius 1 is 1.09 bits per heavy atom. The smallest absolute Gasteiger partial charge is 0.210 e. The van der Waals surface area contributed by atoms with Gasteiger partial charge in [-0.1, -0.05) is 71.4 Å². The molecule has 2 aliphatic rings. The molecule has 0 aromatic heterocycles. The second-order valence-electron chi connectivity index (χ2n) is 12.2. The van der Waals surface area contributed by atoms with Crippen molar-refractivity contribution in [2.75, 3.05) is 13.2 Å².